The van der Waals surface area contributed by atoms with Crippen molar-refractivity contribution >= 4 is 16.9 Å². The van der Waals surface area contributed by atoms with Crippen molar-refractivity contribution in [1.29, 1.82) is 0 Å². The highest BCUT2D eigenvalue weighted by Crippen LogP contribution is 2.40. The molecule has 3 aromatic rings. The number of aromatic nitrogens is 3. The molecule has 2 fully saturated rings. The predicted molar refractivity (Wildman–Crippen MR) is 109 cm³/mol. The Balaban J connectivity index is 1.30. The number of carbonyl (C=O) groups excluding carboxylic acids is 1. The second-order valence-electron chi connectivity index (χ2n) is 8.06. The Morgan fingerprint density at radius 2 is 1.97 bits per heavy atom. The third-order valence-corrected chi connectivity index (χ3v) is 6.41. The number of aryl methyl sites for hydroxylation is 1. The topological polar surface area (TPSA) is 69.4 Å². The van der Waals surface area contributed by atoms with Gasteiger partial charge in [-0.15, -0.1) is 0 Å². The fourth-order valence-electron chi connectivity index (χ4n) is 4.91. The first-order valence-electron chi connectivity index (χ1n) is 10.1. The molecule has 5 rings (SSSR count). The monoisotopic (exact) mass is 392 g/mol. The fourth-order valence-corrected chi connectivity index (χ4v) is 4.91. The van der Waals surface area contributed by atoms with Crippen LogP contribution in [0, 0.1) is 11.8 Å². The molecule has 3 heterocycles. The molecule has 7 nitrogen and oxygen atoms in total. The minimum atomic E-state index is -0.156. The largest absolute Gasteiger partial charge is 0.488 e. The van der Waals surface area contributed by atoms with Crippen molar-refractivity contribution in [2.45, 2.75) is 25.5 Å². The van der Waals surface area contributed by atoms with Gasteiger partial charge in [0.05, 0.1) is 17.2 Å². The summed E-state index contributed by atoms with van der Waals surface area (Å²) >= 11 is 0. The summed E-state index contributed by atoms with van der Waals surface area (Å²) in [5, 5.41) is 0. The molecule has 150 valence electrons. The Morgan fingerprint density at radius 1 is 1.14 bits per heavy atom. The molecule has 0 unspecified atom stereocenters. The van der Waals surface area contributed by atoms with Crippen LogP contribution in [0.15, 0.2) is 53.6 Å². The van der Waals surface area contributed by atoms with E-state index in [9.17, 15) is 9.59 Å². The minimum absolute atomic E-state index is 0.00187. The number of amides is 1. The van der Waals surface area contributed by atoms with Crippen molar-refractivity contribution in [2.24, 2.45) is 18.9 Å². The number of pyridine rings is 1. The molecule has 29 heavy (non-hydrogen) atoms. The first-order valence-corrected chi connectivity index (χ1v) is 10.1. The van der Waals surface area contributed by atoms with Crippen LogP contribution in [-0.4, -0.2) is 44.1 Å². The molecule has 0 bridgehead atoms. The number of carbonyl (C=O) groups is 1. The van der Waals surface area contributed by atoms with Crippen molar-refractivity contribution in [3.05, 3.63) is 59.3 Å². The maximum Gasteiger partial charge on any atom is 0.329 e. The van der Waals surface area contributed by atoms with Crippen LogP contribution in [0.3, 0.4) is 0 Å². The van der Waals surface area contributed by atoms with Crippen LogP contribution in [-0.2, 0) is 18.4 Å². The molecule has 0 spiro atoms. The van der Waals surface area contributed by atoms with Gasteiger partial charge in [-0.2, -0.15) is 0 Å². The zero-order chi connectivity index (χ0) is 20.0. The van der Waals surface area contributed by atoms with Crippen LogP contribution in [0.25, 0.3) is 11.0 Å². The van der Waals surface area contributed by atoms with Gasteiger partial charge in [0.25, 0.3) is 0 Å². The zero-order valence-electron chi connectivity index (χ0n) is 16.4. The van der Waals surface area contributed by atoms with Gasteiger partial charge >= 0.3 is 5.69 Å². The number of likely N-dealkylation sites (tertiary alicyclic amines) is 1. The molecule has 3 atom stereocenters. The molecule has 2 aliphatic rings. The van der Waals surface area contributed by atoms with Crippen molar-refractivity contribution in [3.63, 3.8) is 0 Å². The summed E-state index contributed by atoms with van der Waals surface area (Å²) in [6.07, 6.45) is 5.65. The van der Waals surface area contributed by atoms with E-state index in [1.807, 2.05) is 41.3 Å². The second kappa shape index (κ2) is 7.06. The number of rotatable bonds is 4. The van der Waals surface area contributed by atoms with E-state index >= 15 is 0 Å². The summed E-state index contributed by atoms with van der Waals surface area (Å²) in [5.41, 5.74) is 1.48. The summed E-state index contributed by atoms with van der Waals surface area (Å²) in [6, 6.07) is 11.4. The lowest BCUT2D eigenvalue weighted by Gasteiger charge is -2.22. The molecule has 1 aliphatic heterocycles. The fraction of sp³-hybridized carbons (Fsp3) is 0.409. The van der Waals surface area contributed by atoms with Gasteiger partial charge in [0.2, 0.25) is 5.91 Å². The normalized spacial score (nSPS) is 23.5. The van der Waals surface area contributed by atoms with Gasteiger partial charge in [0.1, 0.15) is 18.4 Å². The summed E-state index contributed by atoms with van der Waals surface area (Å²) < 4.78 is 9.33. The number of ether oxygens (including phenoxy) is 1. The van der Waals surface area contributed by atoms with Crippen LogP contribution < -0.4 is 10.4 Å². The highest BCUT2D eigenvalue weighted by atomic mass is 16.5. The standard InChI is InChI=1S/C22H24N4O3/c1-24-18-6-2-3-7-19(18)26(22(24)28)14-21(27)25-12-15-8-9-20(17(15)13-25)29-16-5-4-10-23-11-16/h2-7,10-11,15,17,20H,8-9,12-14H2,1H3/t15-,17+,20+/m1/s1. The molecule has 0 N–H and O–H groups in total. The highest BCUT2D eigenvalue weighted by Gasteiger charge is 2.45. The Labute approximate surface area is 168 Å². The van der Waals surface area contributed by atoms with Gasteiger partial charge in [-0.25, -0.2) is 4.79 Å². The molecule has 1 aromatic carbocycles. The average Bonchev–Trinajstić information content (AvgIpc) is 3.39. The third kappa shape index (κ3) is 3.10. The molecule has 1 aliphatic carbocycles. The van der Waals surface area contributed by atoms with Gasteiger partial charge in [-0.1, -0.05) is 12.1 Å². The Bertz CT molecular complexity index is 1100. The lowest BCUT2D eigenvalue weighted by Crippen LogP contribution is -2.37. The third-order valence-electron chi connectivity index (χ3n) is 6.41. The van der Waals surface area contributed by atoms with Gasteiger partial charge < -0.3 is 9.64 Å². The first-order chi connectivity index (χ1) is 14.1. The molecule has 1 saturated heterocycles. The van der Waals surface area contributed by atoms with E-state index in [0.29, 0.717) is 18.4 Å². The summed E-state index contributed by atoms with van der Waals surface area (Å²) in [6.45, 7) is 1.51. The van der Waals surface area contributed by atoms with Gasteiger partial charge in [0, 0.05) is 32.3 Å². The highest BCUT2D eigenvalue weighted by molar-refractivity contribution is 5.81. The lowest BCUT2D eigenvalue weighted by molar-refractivity contribution is -0.131. The molecule has 2 aromatic heterocycles. The van der Waals surface area contributed by atoms with Crippen molar-refractivity contribution in [2.75, 3.05) is 13.1 Å². The summed E-state index contributed by atoms with van der Waals surface area (Å²) in [4.78, 5) is 31.7. The molecule has 1 amide bonds. The zero-order valence-corrected chi connectivity index (χ0v) is 16.4. The lowest BCUT2D eigenvalue weighted by atomic mass is 9.99. The van der Waals surface area contributed by atoms with Gasteiger partial charge in [0.15, 0.2) is 0 Å². The van der Waals surface area contributed by atoms with E-state index in [4.69, 9.17) is 4.74 Å². The number of fused-ring (bicyclic) bond motifs is 2. The van der Waals surface area contributed by atoms with Crippen molar-refractivity contribution < 1.29 is 9.53 Å². The van der Waals surface area contributed by atoms with Gasteiger partial charge in [-0.3, -0.25) is 18.9 Å². The van der Waals surface area contributed by atoms with Crippen molar-refractivity contribution in [3.8, 4) is 5.75 Å². The number of hydrogen-bond donors (Lipinski definition) is 0. The van der Waals surface area contributed by atoms with Crippen molar-refractivity contribution in [1.82, 2.24) is 19.0 Å². The number of nitrogens with zero attached hydrogens (tertiary/aromatic N) is 4. The average molecular weight is 392 g/mol. The van der Waals surface area contributed by atoms with E-state index in [0.717, 1.165) is 36.2 Å². The van der Waals surface area contributed by atoms with Crippen LogP contribution in [0.5, 0.6) is 5.75 Å². The van der Waals surface area contributed by atoms with Crippen LogP contribution in [0.2, 0.25) is 0 Å². The molecule has 0 radical (unpaired) electrons. The molecule has 1 saturated carbocycles. The molecular weight excluding hydrogens is 368 g/mol. The summed E-state index contributed by atoms with van der Waals surface area (Å²) in [7, 11) is 1.74. The van der Waals surface area contributed by atoms with Crippen LogP contribution in [0.4, 0.5) is 0 Å². The van der Waals surface area contributed by atoms with E-state index in [1.165, 1.54) is 0 Å². The Hall–Kier alpha value is -3.09. The maximum absolute atomic E-state index is 13.0. The van der Waals surface area contributed by atoms with Crippen LogP contribution in [0.1, 0.15) is 12.8 Å². The van der Waals surface area contributed by atoms with Gasteiger partial charge in [-0.05, 0) is 43.0 Å². The quantitative estimate of drug-likeness (QED) is 0.682. The predicted octanol–water partition coefficient (Wildman–Crippen LogP) is 2.05. The van der Waals surface area contributed by atoms with Crippen LogP contribution >= 0.6 is 0 Å². The number of imidazole rings is 1. The second-order valence-corrected chi connectivity index (χ2v) is 8.06. The van der Waals surface area contributed by atoms with E-state index in [-0.39, 0.29) is 24.2 Å². The minimum Gasteiger partial charge on any atom is -0.488 e. The SMILES string of the molecule is Cn1c(=O)n(CC(=O)N2C[C@H]3CC[C@H](Oc4cccnc4)[C@H]3C2)c2ccccc21. The Morgan fingerprint density at radius 3 is 2.76 bits per heavy atom. The number of benzene rings is 1. The first kappa shape index (κ1) is 18.0. The number of para-hydroxylation sites is 2. The number of hydrogen-bond acceptors (Lipinski definition) is 4. The maximum atomic E-state index is 13.0. The van der Waals surface area contributed by atoms with E-state index in [1.54, 1.807) is 28.6 Å². The van der Waals surface area contributed by atoms with E-state index < -0.39 is 0 Å². The molecular formula is C22H24N4O3. The molecule has 7 heteroatoms. The Kier molecular flexibility index (Phi) is 4.38. The van der Waals surface area contributed by atoms with E-state index in [2.05, 4.69) is 4.98 Å². The summed E-state index contributed by atoms with van der Waals surface area (Å²) in [5.74, 6) is 1.58. The smallest absolute Gasteiger partial charge is 0.329 e.